The smallest absolute Gasteiger partial charge is 0.175 e. The molecule has 0 spiro atoms. The van der Waals surface area contributed by atoms with E-state index in [4.69, 9.17) is 14.2 Å². The van der Waals surface area contributed by atoms with Crippen molar-refractivity contribution in [3.63, 3.8) is 0 Å². The molecule has 14 nitrogen and oxygen atoms in total. The van der Waals surface area contributed by atoms with Crippen LogP contribution in [0.2, 0.25) is 0 Å². The molecule has 129 heavy (non-hydrogen) atoms. The Balaban J connectivity index is -0.0000000691. The lowest BCUT2D eigenvalue weighted by Crippen LogP contribution is -2.10. The Morgan fingerprint density at radius 3 is 0.349 bits per heavy atom. The molecule has 0 aromatic heterocycles. The van der Waals surface area contributed by atoms with Gasteiger partial charge < -0.3 is 28.4 Å². The number of benzene rings is 11. The van der Waals surface area contributed by atoms with E-state index in [0.717, 1.165) is 17.2 Å². The van der Waals surface area contributed by atoms with Crippen LogP contribution in [-0.4, -0.2) is 123 Å². The summed E-state index contributed by atoms with van der Waals surface area (Å²) in [5.41, 5.74) is 5.66. The Morgan fingerprint density at radius 1 is 0.186 bits per heavy atom. The Bertz CT molecular complexity index is 3720. The monoisotopic (exact) mass is 1880 g/mol. The van der Waals surface area contributed by atoms with E-state index < -0.39 is 39.3 Å². The van der Waals surface area contributed by atoms with Crippen molar-refractivity contribution in [2.75, 3.05) is 89.0 Å². The number of ether oxygens (including phenoxy) is 6. The summed E-state index contributed by atoms with van der Waals surface area (Å²) in [7, 11) is 2.72. The van der Waals surface area contributed by atoms with Crippen molar-refractivity contribution < 1.29 is 62.1 Å². The van der Waals surface area contributed by atoms with Gasteiger partial charge in [-0.25, -0.2) is 33.7 Å². The molecule has 0 saturated carbocycles. The van der Waals surface area contributed by atoms with Crippen LogP contribution in [0, 0.1) is 20.8 Å². The zero-order chi connectivity index (χ0) is 101. The van der Waals surface area contributed by atoms with Gasteiger partial charge in [-0.15, -0.1) is 0 Å². The molecule has 0 amide bonds. The number of para-hydroxylation sites is 3. The van der Waals surface area contributed by atoms with E-state index in [1.165, 1.54) is 47.3 Å². The maximum absolute atomic E-state index is 10.8. The second kappa shape index (κ2) is 125. The summed E-state index contributed by atoms with van der Waals surface area (Å²) in [6.07, 6.45) is 4.79. The predicted molar refractivity (Wildman–Crippen MR) is 580 cm³/mol. The van der Waals surface area contributed by atoms with Crippen molar-refractivity contribution in [1.82, 2.24) is 0 Å². The van der Waals surface area contributed by atoms with Crippen molar-refractivity contribution in [2.24, 2.45) is 0 Å². The van der Waals surface area contributed by atoms with Crippen molar-refractivity contribution in [3.05, 3.63) is 356 Å². The fourth-order valence-corrected chi connectivity index (χ4v) is 9.49. The molecule has 0 heterocycles. The van der Waals surface area contributed by atoms with Crippen LogP contribution < -0.4 is 14.2 Å². The summed E-state index contributed by atoms with van der Waals surface area (Å²) in [6.45, 7) is 56.9. The first-order valence-corrected chi connectivity index (χ1v) is 50.9. The Hall–Kier alpha value is -9.50. The van der Waals surface area contributed by atoms with Crippen molar-refractivity contribution in [1.29, 1.82) is 0 Å². The fraction of sp³-hybridized carbons (Fsp3) is 0.405. The van der Waals surface area contributed by atoms with E-state index in [9.17, 15) is 33.7 Å². The highest BCUT2D eigenvalue weighted by atomic mass is 32.2. The van der Waals surface area contributed by atoms with Crippen molar-refractivity contribution in [3.8, 4) is 17.2 Å². The van der Waals surface area contributed by atoms with Crippen LogP contribution in [-0.2, 0) is 59.0 Å². The second-order valence-corrected chi connectivity index (χ2v) is 30.8. The highest BCUT2D eigenvalue weighted by Crippen LogP contribution is 2.21. The third kappa shape index (κ3) is 123. The van der Waals surface area contributed by atoms with Gasteiger partial charge in [-0.3, -0.25) is 0 Å². The van der Waals surface area contributed by atoms with Gasteiger partial charge in [-0.05, 0) is 117 Å². The number of hydrogen-bond donors (Lipinski definition) is 0. The van der Waals surface area contributed by atoms with Crippen molar-refractivity contribution >= 4 is 39.3 Å². The zero-order valence-corrected chi connectivity index (χ0v) is 89.4. The van der Waals surface area contributed by atoms with Gasteiger partial charge in [0.1, 0.15) is 17.2 Å². The van der Waals surface area contributed by atoms with Crippen LogP contribution in [0.4, 0.5) is 0 Å². The van der Waals surface area contributed by atoms with E-state index >= 15 is 0 Å². The maximum Gasteiger partial charge on any atom is 0.175 e. The average molecular weight is 1880 g/mol. The standard InChI is InChI=1S/C10H14.4C7H8O2S.3C7H8O.3C7H8.3C2H6O.11C2H6.3CH4/c1-10(2,3)9-7-5-4-6-8-9;4*1-10(8,9)7-5-3-2-4-6-7;3*1-8-7-5-3-2-4-6-7;3*1-7-5-3-2-4-6-7;3*1-3-2;11*1-2;;;/h4-8H,1-3H3;4*2-6H,1H3;3*2-6H,1H3;3*2-6H,1H3;3*1-2H3;11*1-2H3;3*1H4. The molecule has 0 aliphatic carbocycles. The van der Waals surface area contributed by atoms with Crippen LogP contribution in [0.5, 0.6) is 17.2 Å². The number of rotatable bonds is 7. The van der Waals surface area contributed by atoms with Gasteiger partial charge in [0.25, 0.3) is 0 Å². The van der Waals surface area contributed by atoms with E-state index in [2.05, 4.69) is 122 Å². The molecular formula is C111H190O14S4. The molecule has 11 rings (SSSR count). The van der Waals surface area contributed by atoms with Gasteiger partial charge >= 0.3 is 0 Å². The quantitative estimate of drug-likeness (QED) is 0.146. The summed E-state index contributed by atoms with van der Waals surface area (Å²) in [4.78, 5) is 1.48. The molecular weight excluding hydrogens is 1690 g/mol. The summed E-state index contributed by atoms with van der Waals surface area (Å²) >= 11 is 0. The fourth-order valence-electron chi connectivity index (χ4n) is 6.88. The Morgan fingerprint density at radius 2 is 0.287 bits per heavy atom. The van der Waals surface area contributed by atoms with Gasteiger partial charge in [0.2, 0.25) is 0 Å². The lowest BCUT2D eigenvalue weighted by molar-refractivity contribution is 0.277. The maximum atomic E-state index is 10.8. The van der Waals surface area contributed by atoms with E-state index in [1.54, 1.807) is 185 Å². The molecule has 0 N–H and O–H groups in total. The number of aryl methyl sites for hydroxylation is 3. The van der Waals surface area contributed by atoms with Gasteiger partial charge in [0.15, 0.2) is 39.3 Å². The highest BCUT2D eigenvalue weighted by molar-refractivity contribution is 7.91. The summed E-state index contributed by atoms with van der Waals surface area (Å²) < 4.78 is 114. The summed E-state index contributed by atoms with van der Waals surface area (Å²) in [6, 6.07) is 104. The molecule has 0 bridgehead atoms. The van der Waals surface area contributed by atoms with E-state index in [1.807, 2.05) is 298 Å². The normalized spacial score (nSPS) is 8.35. The minimum absolute atomic E-state index is 0. The first-order valence-electron chi connectivity index (χ1n) is 43.3. The molecule has 11 aromatic rings. The molecule has 0 unspecified atom stereocenters. The summed E-state index contributed by atoms with van der Waals surface area (Å²) in [5.74, 6) is 2.73. The largest absolute Gasteiger partial charge is 0.497 e. The molecule has 742 valence electrons. The second-order valence-electron chi connectivity index (χ2n) is 22.7. The predicted octanol–water partition coefficient (Wildman–Crippen LogP) is 32.4. The average Bonchev–Trinajstić information content (AvgIpc) is 0.900. The molecule has 0 aliphatic rings. The molecule has 0 fully saturated rings. The van der Waals surface area contributed by atoms with Crippen LogP contribution in [0.15, 0.2) is 353 Å². The molecule has 18 heteroatoms. The first kappa shape index (κ1) is 160. The third-order valence-electron chi connectivity index (χ3n) is 12.1. The third-order valence-corrected chi connectivity index (χ3v) is 16.6. The van der Waals surface area contributed by atoms with Crippen LogP contribution in [0.1, 0.15) is 218 Å². The molecule has 0 atom stereocenters. The van der Waals surface area contributed by atoms with E-state index in [-0.39, 0.29) is 22.3 Å². The Labute approximate surface area is 799 Å². The van der Waals surface area contributed by atoms with Crippen LogP contribution in [0.3, 0.4) is 0 Å². The minimum Gasteiger partial charge on any atom is -0.497 e. The lowest BCUT2D eigenvalue weighted by atomic mass is 9.87. The van der Waals surface area contributed by atoms with Gasteiger partial charge in [0, 0.05) is 67.7 Å². The van der Waals surface area contributed by atoms with Crippen LogP contribution >= 0.6 is 0 Å². The topological polar surface area (TPSA) is 192 Å². The molecule has 0 aliphatic heterocycles. The number of sulfone groups is 4. The number of methoxy groups -OCH3 is 6. The zero-order valence-electron chi connectivity index (χ0n) is 86.1. The van der Waals surface area contributed by atoms with Crippen molar-refractivity contribution in [2.45, 2.75) is 241 Å². The molecule has 0 saturated heterocycles. The van der Waals surface area contributed by atoms with Gasteiger partial charge in [0.05, 0.1) is 40.9 Å². The first-order chi connectivity index (χ1) is 60.2. The van der Waals surface area contributed by atoms with Crippen LogP contribution in [0.25, 0.3) is 0 Å². The molecule has 11 aromatic carbocycles. The lowest BCUT2D eigenvalue weighted by Gasteiger charge is -2.18. The van der Waals surface area contributed by atoms with Gasteiger partial charge in [-0.2, -0.15) is 0 Å². The van der Waals surface area contributed by atoms with E-state index in [0.29, 0.717) is 25.0 Å². The molecule has 0 radical (unpaired) electrons. The highest BCUT2D eigenvalue weighted by Gasteiger charge is 2.11. The number of hydrogen-bond acceptors (Lipinski definition) is 14. The minimum atomic E-state index is -3.00. The SMILES string of the molecule is C.C.C.CC.CC.CC.CC.CC.CC.CC.CC.CC.CC.CC.CC(C)(C)c1ccccc1.COC.COC.COC.COc1ccccc1.COc1ccccc1.COc1ccccc1.CS(=O)(=O)c1ccccc1.CS(=O)(=O)c1ccccc1.CS(=O)(=O)c1ccccc1.CS(=O)(=O)c1ccccc1.Cc1ccccc1.Cc1ccccc1.Cc1ccccc1. The Kier molecular flexibility index (Phi) is 155. The summed E-state index contributed by atoms with van der Waals surface area (Å²) in [5, 5.41) is 0. The van der Waals surface area contributed by atoms with Gasteiger partial charge in [-0.1, -0.05) is 461 Å².